The fourth-order valence-corrected chi connectivity index (χ4v) is 2.70. The predicted octanol–water partition coefficient (Wildman–Crippen LogP) is 2.51. The van der Waals surface area contributed by atoms with E-state index in [1.54, 1.807) is 0 Å². The summed E-state index contributed by atoms with van der Waals surface area (Å²) >= 11 is 0. The molecule has 0 spiro atoms. The van der Waals surface area contributed by atoms with Gasteiger partial charge in [0.15, 0.2) is 5.78 Å². The van der Waals surface area contributed by atoms with Crippen LogP contribution in [0.1, 0.15) is 33.1 Å². The number of allylic oxidation sites excluding steroid dienone is 1. The molecule has 0 aliphatic heterocycles. The molecule has 0 saturated heterocycles. The molecule has 16 heavy (non-hydrogen) atoms. The summed E-state index contributed by atoms with van der Waals surface area (Å²) in [6.45, 7) is 7.57. The number of hydrogen-bond acceptors (Lipinski definition) is 2. The predicted molar refractivity (Wildman–Crippen MR) is 62.0 cm³/mol. The van der Waals surface area contributed by atoms with E-state index in [4.69, 9.17) is 0 Å². The molecule has 0 amide bonds. The van der Waals surface area contributed by atoms with Gasteiger partial charge in [-0.3, -0.25) is 9.59 Å². The van der Waals surface area contributed by atoms with E-state index in [2.05, 4.69) is 20.4 Å². The van der Waals surface area contributed by atoms with Crippen molar-refractivity contribution >= 4 is 11.8 Å². The van der Waals surface area contributed by atoms with Crippen molar-refractivity contribution in [2.24, 2.45) is 23.7 Å². The molecule has 1 rings (SSSR count). The minimum absolute atomic E-state index is 0.00606. The second-order valence-electron chi connectivity index (χ2n) is 4.97. The van der Waals surface area contributed by atoms with E-state index < -0.39 is 5.97 Å². The molecule has 3 unspecified atom stereocenters. The van der Waals surface area contributed by atoms with Crippen LogP contribution in [-0.4, -0.2) is 16.9 Å². The van der Waals surface area contributed by atoms with Gasteiger partial charge in [-0.15, -0.1) is 0 Å². The van der Waals surface area contributed by atoms with Crippen molar-refractivity contribution < 1.29 is 14.7 Å². The first-order valence-electron chi connectivity index (χ1n) is 5.86. The number of carboxylic acid groups (broad SMARTS) is 1. The summed E-state index contributed by atoms with van der Waals surface area (Å²) in [6.07, 6.45) is 3.43. The highest BCUT2D eigenvalue weighted by Gasteiger charge is 2.38. The summed E-state index contributed by atoms with van der Waals surface area (Å²) in [7, 11) is 0. The quantitative estimate of drug-likeness (QED) is 0.746. The van der Waals surface area contributed by atoms with Crippen LogP contribution in [0.2, 0.25) is 0 Å². The van der Waals surface area contributed by atoms with E-state index in [0.717, 1.165) is 12.8 Å². The fourth-order valence-electron chi connectivity index (χ4n) is 2.70. The number of carbonyl (C=O) groups excluding carboxylic acids is 1. The second-order valence-corrected chi connectivity index (χ2v) is 4.97. The number of carbonyl (C=O) groups is 2. The van der Waals surface area contributed by atoms with Crippen molar-refractivity contribution in [3.63, 3.8) is 0 Å². The summed E-state index contributed by atoms with van der Waals surface area (Å²) in [4.78, 5) is 22.7. The van der Waals surface area contributed by atoms with E-state index in [1.165, 1.54) is 6.08 Å². The van der Waals surface area contributed by atoms with Gasteiger partial charge in [0.1, 0.15) is 0 Å². The lowest BCUT2D eigenvalue weighted by atomic mass is 9.69. The molecule has 0 aromatic rings. The van der Waals surface area contributed by atoms with Crippen LogP contribution in [0.15, 0.2) is 12.7 Å². The molecule has 0 aromatic carbocycles. The zero-order valence-electron chi connectivity index (χ0n) is 9.98. The smallest absolute Gasteiger partial charge is 0.306 e. The van der Waals surface area contributed by atoms with E-state index in [9.17, 15) is 14.7 Å². The first-order chi connectivity index (χ1) is 7.47. The summed E-state index contributed by atoms with van der Waals surface area (Å²) in [6, 6.07) is 0. The van der Waals surface area contributed by atoms with E-state index in [0.29, 0.717) is 12.3 Å². The maximum Gasteiger partial charge on any atom is 0.306 e. The van der Waals surface area contributed by atoms with Crippen molar-refractivity contribution in [3.05, 3.63) is 12.7 Å². The first kappa shape index (κ1) is 12.9. The Bertz CT molecular complexity index is 294. The Balaban J connectivity index is 2.76. The lowest BCUT2D eigenvalue weighted by Crippen LogP contribution is -2.35. The van der Waals surface area contributed by atoms with Crippen LogP contribution in [0.3, 0.4) is 0 Å². The standard InChI is InChI=1S/C13H20O3/c1-4-12(14)9-5-6-10(8(2)3)11(7-9)13(15)16/h4,8-11H,1,5-7H2,2-3H3,(H,15,16). The zero-order valence-corrected chi connectivity index (χ0v) is 9.98. The summed E-state index contributed by atoms with van der Waals surface area (Å²) in [5.74, 6) is -0.711. The van der Waals surface area contributed by atoms with Gasteiger partial charge >= 0.3 is 5.97 Å². The molecule has 1 aliphatic carbocycles. The molecule has 0 heterocycles. The Morgan fingerprint density at radius 2 is 2.00 bits per heavy atom. The van der Waals surface area contributed by atoms with Gasteiger partial charge in [0, 0.05) is 5.92 Å². The third-order valence-corrected chi connectivity index (χ3v) is 3.68. The van der Waals surface area contributed by atoms with E-state index in [-0.39, 0.29) is 23.5 Å². The molecule has 3 heteroatoms. The molecule has 1 N–H and O–H groups in total. The van der Waals surface area contributed by atoms with Gasteiger partial charge in [0.2, 0.25) is 0 Å². The Labute approximate surface area is 96.5 Å². The summed E-state index contributed by atoms with van der Waals surface area (Å²) < 4.78 is 0. The minimum atomic E-state index is -0.764. The molecule has 0 radical (unpaired) electrons. The molecule has 0 bridgehead atoms. The van der Waals surface area contributed by atoms with Gasteiger partial charge in [0.05, 0.1) is 5.92 Å². The molecule has 3 nitrogen and oxygen atoms in total. The van der Waals surface area contributed by atoms with Gasteiger partial charge in [0.25, 0.3) is 0 Å². The molecular formula is C13H20O3. The highest BCUT2D eigenvalue weighted by atomic mass is 16.4. The van der Waals surface area contributed by atoms with Crippen LogP contribution in [0.25, 0.3) is 0 Å². The Kier molecular flexibility index (Phi) is 4.27. The molecule has 1 saturated carbocycles. The second kappa shape index (κ2) is 5.28. The molecular weight excluding hydrogens is 204 g/mol. The van der Waals surface area contributed by atoms with Crippen LogP contribution in [-0.2, 0) is 9.59 Å². The van der Waals surface area contributed by atoms with Gasteiger partial charge in [-0.1, -0.05) is 20.4 Å². The van der Waals surface area contributed by atoms with Crippen molar-refractivity contribution in [2.75, 3.05) is 0 Å². The maximum absolute atomic E-state index is 11.5. The van der Waals surface area contributed by atoms with Crippen LogP contribution in [0.5, 0.6) is 0 Å². The Morgan fingerprint density at radius 3 is 2.44 bits per heavy atom. The Hall–Kier alpha value is -1.12. The highest BCUT2D eigenvalue weighted by Crippen LogP contribution is 2.38. The highest BCUT2D eigenvalue weighted by molar-refractivity contribution is 5.91. The molecule has 1 fully saturated rings. The maximum atomic E-state index is 11.5. The average Bonchev–Trinajstić information content (AvgIpc) is 2.26. The minimum Gasteiger partial charge on any atom is -0.481 e. The largest absolute Gasteiger partial charge is 0.481 e. The molecule has 3 atom stereocenters. The zero-order chi connectivity index (χ0) is 12.3. The van der Waals surface area contributed by atoms with Gasteiger partial charge in [-0.2, -0.15) is 0 Å². The van der Waals surface area contributed by atoms with Crippen molar-refractivity contribution in [3.8, 4) is 0 Å². The number of rotatable bonds is 4. The number of hydrogen-bond donors (Lipinski definition) is 1. The van der Waals surface area contributed by atoms with Crippen molar-refractivity contribution in [1.29, 1.82) is 0 Å². The summed E-state index contributed by atoms with van der Waals surface area (Å²) in [5.41, 5.74) is 0. The van der Waals surface area contributed by atoms with Crippen LogP contribution in [0, 0.1) is 23.7 Å². The normalized spacial score (nSPS) is 30.1. The fraction of sp³-hybridized carbons (Fsp3) is 0.692. The number of aliphatic carboxylic acids is 1. The van der Waals surface area contributed by atoms with Gasteiger partial charge in [-0.05, 0) is 37.2 Å². The van der Waals surface area contributed by atoms with Gasteiger partial charge in [-0.25, -0.2) is 0 Å². The van der Waals surface area contributed by atoms with Crippen molar-refractivity contribution in [1.82, 2.24) is 0 Å². The first-order valence-corrected chi connectivity index (χ1v) is 5.86. The van der Waals surface area contributed by atoms with Crippen molar-refractivity contribution in [2.45, 2.75) is 33.1 Å². The van der Waals surface area contributed by atoms with Crippen LogP contribution < -0.4 is 0 Å². The van der Waals surface area contributed by atoms with E-state index >= 15 is 0 Å². The molecule has 1 aliphatic rings. The van der Waals surface area contributed by atoms with E-state index in [1.807, 2.05) is 0 Å². The summed E-state index contributed by atoms with van der Waals surface area (Å²) in [5, 5.41) is 9.19. The third-order valence-electron chi connectivity index (χ3n) is 3.68. The average molecular weight is 224 g/mol. The van der Waals surface area contributed by atoms with Crippen LogP contribution >= 0.6 is 0 Å². The monoisotopic (exact) mass is 224 g/mol. The van der Waals surface area contributed by atoms with Gasteiger partial charge < -0.3 is 5.11 Å². The molecule has 0 aromatic heterocycles. The number of carboxylic acids is 1. The third kappa shape index (κ3) is 2.71. The number of ketones is 1. The SMILES string of the molecule is C=CC(=O)C1CCC(C(C)C)C(C(=O)O)C1. The van der Waals surface area contributed by atoms with Crippen LogP contribution in [0.4, 0.5) is 0 Å². The lowest BCUT2D eigenvalue weighted by molar-refractivity contribution is -0.147. The Morgan fingerprint density at radius 1 is 1.38 bits per heavy atom. The lowest BCUT2D eigenvalue weighted by Gasteiger charge is -2.35. The topological polar surface area (TPSA) is 54.4 Å². The molecule has 90 valence electrons.